The van der Waals surface area contributed by atoms with Crippen LogP contribution in [0.5, 0.6) is 11.5 Å². The number of carbonyl (C=O) groups is 1. The highest BCUT2D eigenvalue weighted by Crippen LogP contribution is 2.38. The molecular weight excluding hydrogens is 240 g/mol. The topological polar surface area (TPSA) is 35.5 Å². The van der Waals surface area contributed by atoms with Gasteiger partial charge in [-0.3, -0.25) is 4.79 Å². The van der Waals surface area contributed by atoms with Crippen molar-refractivity contribution in [3.8, 4) is 11.5 Å². The van der Waals surface area contributed by atoms with Crippen LogP contribution < -0.4 is 9.47 Å². The van der Waals surface area contributed by atoms with Gasteiger partial charge >= 0.3 is 0 Å². The molecule has 1 aromatic carbocycles. The minimum Gasteiger partial charge on any atom is -0.493 e. The van der Waals surface area contributed by atoms with Crippen LogP contribution in [0.2, 0.25) is 0 Å². The summed E-state index contributed by atoms with van der Waals surface area (Å²) in [4.78, 5) is 11.4. The van der Waals surface area contributed by atoms with Crippen molar-refractivity contribution in [3.63, 3.8) is 0 Å². The second-order valence-electron chi connectivity index (χ2n) is 3.83. The van der Waals surface area contributed by atoms with Gasteiger partial charge in [-0.25, -0.2) is 0 Å². The van der Waals surface area contributed by atoms with E-state index in [9.17, 15) is 4.79 Å². The van der Waals surface area contributed by atoms with Crippen LogP contribution >= 0.6 is 11.6 Å². The number of carbonyl (C=O) groups excluding carboxylic acids is 1. The van der Waals surface area contributed by atoms with Crippen LogP contribution in [0.1, 0.15) is 23.5 Å². The maximum Gasteiger partial charge on any atom is 0.229 e. The molecule has 0 fully saturated rings. The SMILES string of the molecule is COc1cc2c(cc1OC)C(C(=O)Cl)CC=C2. The van der Waals surface area contributed by atoms with E-state index in [2.05, 4.69) is 0 Å². The molecule has 0 aliphatic heterocycles. The average molecular weight is 253 g/mol. The van der Waals surface area contributed by atoms with Crippen molar-refractivity contribution in [3.05, 3.63) is 29.3 Å². The third-order valence-corrected chi connectivity index (χ3v) is 3.17. The molecule has 4 heteroatoms. The molecule has 0 amide bonds. The molecule has 1 atom stereocenters. The first-order chi connectivity index (χ1) is 8.17. The van der Waals surface area contributed by atoms with Gasteiger partial charge in [-0.2, -0.15) is 0 Å². The summed E-state index contributed by atoms with van der Waals surface area (Å²) in [5.74, 6) is 0.972. The number of methoxy groups -OCH3 is 2. The summed E-state index contributed by atoms with van der Waals surface area (Å²) in [6.07, 6.45) is 4.54. The standard InChI is InChI=1S/C13H13ClO3/c1-16-11-6-8-4-3-5-9(13(14)15)10(8)7-12(11)17-2/h3-4,6-7,9H,5H2,1-2H3. The summed E-state index contributed by atoms with van der Waals surface area (Å²) < 4.78 is 10.4. The summed E-state index contributed by atoms with van der Waals surface area (Å²) in [6.45, 7) is 0. The van der Waals surface area contributed by atoms with Crippen LogP contribution in [-0.2, 0) is 4.79 Å². The summed E-state index contributed by atoms with van der Waals surface area (Å²) in [5, 5.41) is -0.345. The van der Waals surface area contributed by atoms with Crippen LogP contribution in [0.15, 0.2) is 18.2 Å². The van der Waals surface area contributed by atoms with Crippen LogP contribution in [0.4, 0.5) is 0 Å². The van der Waals surface area contributed by atoms with Crippen molar-refractivity contribution in [2.45, 2.75) is 12.3 Å². The maximum absolute atomic E-state index is 11.4. The van der Waals surface area contributed by atoms with Gasteiger partial charge in [0.1, 0.15) is 0 Å². The van der Waals surface area contributed by atoms with E-state index in [1.807, 2.05) is 24.3 Å². The van der Waals surface area contributed by atoms with E-state index in [1.54, 1.807) is 14.2 Å². The second-order valence-corrected chi connectivity index (χ2v) is 4.20. The highest BCUT2D eigenvalue weighted by molar-refractivity contribution is 6.64. The number of fused-ring (bicyclic) bond motifs is 1. The Hall–Kier alpha value is -1.48. The zero-order valence-electron chi connectivity index (χ0n) is 9.70. The molecule has 1 aliphatic carbocycles. The van der Waals surface area contributed by atoms with E-state index in [-0.39, 0.29) is 11.2 Å². The highest BCUT2D eigenvalue weighted by Gasteiger charge is 2.24. The Labute approximate surface area is 105 Å². The molecule has 0 saturated heterocycles. The smallest absolute Gasteiger partial charge is 0.229 e. The molecule has 2 rings (SSSR count). The van der Waals surface area contributed by atoms with Crippen molar-refractivity contribution in [2.75, 3.05) is 14.2 Å². The lowest BCUT2D eigenvalue weighted by atomic mass is 9.87. The molecule has 0 bridgehead atoms. The third kappa shape index (κ3) is 2.15. The normalized spacial score (nSPS) is 17.5. The van der Waals surface area contributed by atoms with E-state index in [0.717, 1.165) is 11.1 Å². The molecule has 1 aliphatic rings. The Morgan fingerprint density at radius 3 is 2.53 bits per heavy atom. The number of benzene rings is 1. The van der Waals surface area contributed by atoms with Gasteiger partial charge in [0, 0.05) is 0 Å². The zero-order valence-corrected chi connectivity index (χ0v) is 10.5. The van der Waals surface area contributed by atoms with Crippen LogP contribution in [-0.4, -0.2) is 19.5 Å². The number of hydrogen-bond acceptors (Lipinski definition) is 3. The number of ether oxygens (including phenoxy) is 2. The predicted molar refractivity (Wildman–Crippen MR) is 66.8 cm³/mol. The highest BCUT2D eigenvalue weighted by atomic mass is 35.5. The fourth-order valence-electron chi connectivity index (χ4n) is 2.03. The number of allylic oxidation sites excluding steroid dienone is 1. The predicted octanol–water partition coefficient (Wildman–Crippen LogP) is 2.97. The van der Waals surface area contributed by atoms with Gasteiger partial charge in [0.15, 0.2) is 11.5 Å². The minimum atomic E-state index is -0.345. The van der Waals surface area contributed by atoms with Crippen LogP contribution in [0.3, 0.4) is 0 Å². The molecule has 0 N–H and O–H groups in total. The maximum atomic E-state index is 11.4. The van der Waals surface area contributed by atoms with Crippen molar-refractivity contribution < 1.29 is 14.3 Å². The van der Waals surface area contributed by atoms with E-state index < -0.39 is 0 Å². The van der Waals surface area contributed by atoms with Crippen molar-refractivity contribution in [2.24, 2.45) is 0 Å². The molecule has 3 nitrogen and oxygen atoms in total. The quantitative estimate of drug-likeness (QED) is 0.776. The van der Waals surface area contributed by atoms with Gasteiger partial charge in [0.05, 0.1) is 20.1 Å². The Bertz CT molecular complexity index is 480. The first-order valence-corrected chi connectivity index (χ1v) is 5.67. The number of hydrogen-bond donors (Lipinski definition) is 0. The summed E-state index contributed by atoms with van der Waals surface area (Å²) in [6, 6.07) is 3.68. The second kappa shape index (κ2) is 4.80. The minimum absolute atomic E-state index is 0.295. The number of rotatable bonds is 3. The van der Waals surface area contributed by atoms with Gasteiger partial charge in [-0.15, -0.1) is 0 Å². The Morgan fingerprint density at radius 1 is 1.29 bits per heavy atom. The van der Waals surface area contributed by atoms with E-state index >= 15 is 0 Å². The van der Waals surface area contributed by atoms with E-state index in [4.69, 9.17) is 21.1 Å². The first kappa shape index (κ1) is 12.0. The van der Waals surface area contributed by atoms with Crippen molar-refractivity contribution >= 4 is 22.9 Å². The van der Waals surface area contributed by atoms with E-state index in [1.165, 1.54) is 0 Å². The lowest BCUT2D eigenvalue weighted by Crippen LogP contribution is -2.11. The summed E-state index contributed by atoms with van der Waals surface area (Å²) in [5.41, 5.74) is 1.85. The van der Waals surface area contributed by atoms with Crippen LogP contribution in [0, 0.1) is 0 Å². The molecule has 0 radical (unpaired) electrons. The van der Waals surface area contributed by atoms with Crippen LogP contribution in [0.25, 0.3) is 6.08 Å². The van der Waals surface area contributed by atoms with Gasteiger partial charge < -0.3 is 9.47 Å². The molecule has 0 heterocycles. The zero-order chi connectivity index (χ0) is 12.4. The van der Waals surface area contributed by atoms with Gasteiger partial charge in [0.2, 0.25) is 5.24 Å². The van der Waals surface area contributed by atoms with Gasteiger partial charge in [0.25, 0.3) is 0 Å². The fraction of sp³-hybridized carbons (Fsp3) is 0.308. The Morgan fingerprint density at radius 2 is 1.94 bits per heavy atom. The molecule has 90 valence electrons. The molecule has 17 heavy (non-hydrogen) atoms. The summed E-state index contributed by atoms with van der Waals surface area (Å²) in [7, 11) is 3.15. The third-order valence-electron chi connectivity index (χ3n) is 2.91. The fourth-order valence-corrected chi connectivity index (χ4v) is 2.24. The molecule has 0 aromatic heterocycles. The monoisotopic (exact) mass is 252 g/mol. The molecule has 1 aromatic rings. The molecule has 1 unspecified atom stereocenters. The average Bonchev–Trinajstić information content (AvgIpc) is 2.35. The lowest BCUT2D eigenvalue weighted by Gasteiger charge is -2.20. The molecule has 0 saturated carbocycles. The summed E-state index contributed by atoms with van der Waals surface area (Å²) >= 11 is 5.61. The van der Waals surface area contributed by atoms with Gasteiger partial charge in [-0.05, 0) is 41.3 Å². The largest absolute Gasteiger partial charge is 0.493 e. The Balaban J connectivity index is 2.55. The number of halogens is 1. The molecular formula is C13H13ClO3. The van der Waals surface area contributed by atoms with Gasteiger partial charge in [-0.1, -0.05) is 12.2 Å². The molecule has 0 spiro atoms. The van der Waals surface area contributed by atoms with Crippen molar-refractivity contribution in [1.29, 1.82) is 0 Å². The Kier molecular flexibility index (Phi) is 3.38. The first-order valence-electron chi connectivity index (χ1n) is 5.29. The lowest BCUT2D eigenvalue weighted by molar-refractivity contribution is -0.112. The van der Waals surface area contributed by atoms with Crippen molar-refractivity contribution in [1.82, 2.24) is 0 Å². The van der Waals surface area contributed by atoms with E-state index in [0.29, 0.717) is 17.9 Å².